The highest BCUT2D eigenvalue weighted by Gasteiger charge is 2.29. The molecule has 162 valence electrons. The van der Waals surface area contributed by atoms with E-state index in [2.05, 4.69) is 10.3 Å². The molecule has 10 heteroatoms. The predicted molar refractivity (Wildman–Crippen MR) is 117 cm³/mol. The van der Waals surface area contributed by atoms with Crippen molar-refractivity contribution >= 4 is 38.4 Å². The second-order valence-corrected chi connectivity index (χ2v) is 10.6. The van der Waals surface area contributed by atoms with E-state index in [0.29, 0.717) is 22.5 Å². The molecule has 0 aliphatic carbocycles. The molecule has 1 aliphatic heterocycles. The van der Waals surface area contributed by atoms with Crippen molar-refractivity contribution in [2.75, 3.05) is 17.3 Å². The number of hydrogen-bond acceptors (Lipinski definition) is 6. The first-order valence-electron chi connectivity index (χ1n) is 9.67. The number of aromatic nitrogens is 2. The minimum absolute atomic E-state index is 0.00918. The van der Waals surface area contributed by atoms with Crippen LogP contribution >= 0.6 is 11.8 Å². The molecule has 7 nitrogen and oxygen atoms in total. The molecule has 1 amide bonds. The van der Waals surface area contributed by atoms with E-state index in [0.717, 1.165) is 17.3 Å². The summed E-state index contributed by atoms with van der Waals surface area (Å²) in [4.78, 5) is 30.0. The molecule has 1 saturated heterocycles. The quantitative estimate of drug-likeness (QED) is 0.445. The van der Waals surface area contributed by atoms with Gasteiger partial charge in [0.15, 0.2) is 15.0 Å². The van der Waals surface area contributed by atoms with Crippen molar-refractivity contribution in [2.24, 2.45) is 0 Å². The van der Waals surface area contributed by atoms with E-state index in [-0.39, 0.29) is 47.1 Å². The summed E-state index contributed by atoms with van der Waals surface area (Å²) in [5.41, 5.74) is 0.996. The number of rotatable bonds is 6. The molecule has 0 unspecified atom stereocenters. The molecule has 1 atom stereocenters. The lowest BCUT2D eigenvalue weighted by atomic mass is 10.2. The molecule has 0 bridgehead atoms. The monoisotopic (exact) mass is 461 g/mol. The van der Waals surface area contributed by atoms with Crippen LogP contribution < -0.4 is 10.9 Å². The third kappa shape index (κ3) is 5.13. The average Bonchev–Trinajstić information content (AvgIpc) is 3.08. The number of para-hydroxylation sites is 1. The molecule has 31 heavy (non-hydrogen) atoms. The van der Waals surface area contributed by atoms with E-state index in [9.17, 15) is 22.4 Å². The first-order chi connectivity index (χ1) is 14.8. The first-order valence-corrected chi connectivity index (χ1v) is 12.5. The Bertz CT molecular complexity index is 1290. The number of nitrogens with zero attached hydrogens (tertiary/aromatic N) is 2. The highest BCUT2D eigenvalue weighted by molar-refractivity contribution is 7.99. The Morgan fingerprint density at radius 2 is 1.94 bits per heavy atom. The predicted octanol–water partition coefficient (Wildman–Crippen LogP) is 1.98. The highest BCUT2D eigenvalue weighted by atomic mass is 32.2. The van der Waals surface area contributed by atoms with Gasteiger partial charge in [0, 0.05) is 6.04 Å². The summed E-state index contributed by atoms with van der Waals surface area (Å²) in [6, 6.07) is 12.4. The van der Waals surface area contributed by atoms with Crippen LogP contribution in [0, 0.1) is 5.82 Å². The highest BCUT2D eigenvalue weighted by Crippen LogP contribution is 2.19. The maximum absolute atomic E-state index is 13.2. The number of carbonyl (C=O) groups is 1. The zero-order valence-electron chi connectivity index (χ0n) is 16.5. The maximum Gasteiger partial charge on any atom is 0.262 e. The average molecular weight is 462 g/mol. The topological polar surface area (TPSA) is 98.1 Å². The van der Waals surface area contributed by atoms with Crippen molar-refractivity contribution in [3.05, 3.63) is 70.3 Å². The normalized spacial score (nSPS) is 17.6. The van der Waals surface area contributed by atoms with Crippen LogP contribution in [0.1, 0.15) is 12.0 Å². The summed E-state index contributed by atoms with van der Waals surface area (Å²) in [7, 11) is -3.09. The number of benzene rings is 2. The van der Waals surface area contributed by atoms with Gasteiger partial charge in [0.05, 0.1) is 34.7 Å². The second-order valence-electron chi connectivity index (χ2n) is 7.39. The number of halogens is 1. The van der Waals surface area contributed by atoms with E-state index in [1.165, 1.54) is 16.7 Å². The molecule has 2 heterocycles. The Balaban J connectivity index is 1.57. The Labute approximate surface area is 182 Å². The number of fused-ring (bicyclic) bond motifs is 1. The standard InChI is InChI=1S/C21H20FN3O4S2/c22-15-7-5-14(6-8-15)11-25-20(27)17-3-1-2-4-18(17)24-21(25)30-12-19(26)23-16-9-10-31(28,29)13-16/h1-8,16H,9-13H2,(H,23,26)/t16-/m0/s1. The van der Waals surface area contributed by atoms with E-state index in [4.69, 9.17) is 0 Å². The zero-order valence-corrected chi connectivity index (χ0v) is 18.1. The van der Waals surface area contributed by atoms with Crippen LogP contribution in [0.2, 0.25) is 0 Å². The van der Waals surface area contributed by atoms with Gasteiger partial charge in [0.2, 0.25) is 5.91 Å². The number of carbonyl (C=O) groups excluding carboxylic acids is 1. The Morgan fingerprint density at radius 1 is 1.19 bits per heavy atom. The molecule has 0 spiro atoms. The third-order valence-corrected chi connectivity index (χ3v) is 7.75. The van der Waals surface area contributed by atoms with Crippen molar-refractivity contribution in [3.63, 3.8) is 0 Å². The fraction of sp³-hybridized carbons (Fsp3) is 0.286. The molecule has 0 saturated carbocycles. The van der Waals surface area contributed by atoms with Gasteiger partial charge in [0.25, 0.3) is 5.56 Å². The van der Waals surface area contributed by atoms with Crippen LogP contribution in [0.5, 0.6) is 0 Å². The van der Waals surface area contributed by atoms with Gasteiger partial charge in [-0.1, -0.05) is 36.0 Å². The van der Waals surface area contributed by atoms with Gasteiger partial charge in [-0.2, -0.15) is 0 Å². The van der Waals surface area contributed by atoms with Gasteiger partial charge in [-0.25, -0.2) is 17.8 Å². The van der Waals surface area contributed by atoms with Gasteiger partial charge in [-0.15, -0.1) is 0 Å². The fourth-order valence-corrected chi connectivity index (χ4v) is 5.96. The third-order valence-electron chi connectivity index (χ3n) is 5.01. The Kier molecular flexibility index (Phi) is 6.10. The molecule has 1 aliphatic rings. The minimum Gasteiger partial charge on any atom is -0.352 e. The van der Waals surface area contributed by atoms with Crippen LogP contribution in [0.25, 0.3) is 10.9 Å². The molecule has 2 aromatic carbocycles. The molecule has 3 aromatic rings. The van der Waals surface area contributed by atoms with Crippen molar-refractivity contribution in [1.29, 1.82) is 0 Å². The minimum atomic E-state index is -3.09. The zero-order chi connectivity index (χ0) is 22.0. The SMILES string of the molecule is O=C(CSc1nc2ccccc2c(=O)n1Cc1ccc(F)cc1)N[C@H]1CCS(=O)(=O)C1. The summed E-state index contributed by atoms with van der Waals surface area (Å²) in [6.45, 7) is 0.182. The second kappa shape index (κ2) is 8.80. The fourth-order valence-electron chi connectivity index (χ4n) is 3.48. The van der Waals surface area contributed by atoms with Crippen molar-refractivity contribution in [3.8, 4) is 0 Å². The van der Waals surface area contributed by atoms with Gasteiger partial charge >= 0.3 is 0 Å². The van der Waals surface area contributed by atoms with Gasteiger partial charge in [-0.3, -0.25) is 14.2 Å². The van der Waals surface area contributed by atoms with Gasteiger partial charge in [0.1, 0.15) is 5.82 Å². The number of nitrogens with one attached hydrogen (secondary N) is 1. The molecule has 4 rings (SSSR count). The van der Waals surface area contributed by atoms with Crippen molar-refractivity contribution in [1.82, 2.24) is 14.9 Å². The molecular formula is C21H20FN3O4S2. The molecule has 0 radical (unpaired) electrons. The van der Waals surface area contributed by atoms with E-state index >= 15 is 0 Å². The maximum atomic E-state index is 13.2. The number of thioether (sulfide) groups is 1. The lowest BCUT2D eigenvalue weighted by Crippen LogP contribution is -2.36. The molecular weight excluding hydrogens is 441 g/mol. The molecule has 1 fully saturated rings. The molecule has 1 N–H and O–H groups in total. The summed E-state index contributed by atoms with van der Waals surface area (Å²) in [5, 5.41) is 3.55. The van der Waals surface area contributed by atoms with E-state index in [1.54, 1.807) is 36.4 Å². The summed E-state index contributed by atoms with van der Waals surface area (Å²) in [5.74, 6) is -0.664. The number of hydrogen-bond donors (Lipinski definition) is 1. The van der Waals surface area contributed by atoms with Crippen LogP contribution in [0.4, 0.5) is 4.39 Å². The van der Waals surface area contributed by atoms with Crippen molar-refractivity contribution < 1.29 is 17.6 Å². The number of amides is 1. The van der Waals surface area contributed by atoms with E-state index < -0.39 is 9.84 Å². The smallest absolute Gasteiger partial charge is 0.262 e. The summed E-state index contributed by atoms with van der Waals surface area (Å²) in [6.07, 6.45) is 0.405. The number of sulfone groups is 1. The van der Waals surface area contributed by atoms with Gasteiger partial charge in [-0.05, 0) is 36.2 Å². The van der Waals surface area contributed by atoms with Crippen LogP contribution in [0.15, 0.2) is 58.5 Å². The Morgan fingerprint density at radius 3 is 2.65 bits per heavy atom. The first kappa shape index (κ1) is 21.5. The largest absolute Gasteiger partial charge is 0.352 e. The van der Waals surface area contributed by atoms with Crippen molar-refractivity contribution in [2.45, 2.75) is 24.2 Å². The lowest BCUT2D eigenvalue weighted by Gasteiger charge is -2.14. The summed E-state index contributed by atoms with van der Waals surface area (Å²) < 4.78 is 37.9. The molecule has 1 aromatic heterocycles. The van der Waals surface area contributed by atoms with Crippen LogP contribution in [-0.4, -0.2) is 47.2 Å². The van der Waals surface area contributed by atoms with Gasteiger partial charge < -0.3 is 5.32 Å². The van der Waals surface area contributed by atoms with Crippen LogP contribution in [0.3, 0.4) is 0 Å². The van der Waals surface area contributed by atoms with Crippen LogP contribution in [-0.2, 0) is 21.2 Å². The summed E-state index contributed by atoms with van der Waals surface area (Å²) >= 11 is 1.11. The lowest BCUT2D eigenvalue weighted by molar-refractivity contribution is -0.119. The Hall–Kier alpha value is -2.72. The van der Waals surface area contributed by atoms with E-state index in [1.807, 2.05) is 0 Å².